The van der Waals surface area contributed by atoms with Crippen molar-refractivity contribution in [2.24, 2.45) is 0 Å². The SMILES string of the molecule is C=CC=C([NH2+]C(=CC=N)c1nn(-c2ccc(OC(F)(F)F)cc2)ccc1=O)c1cc(F)ccc1N. The molecular formula is C24H20F4N5O2+. The fourth-order valence-electron chi connectivity index (χ4n) is 3.13. The number of rotatable bonds is 8. The molecule has 0 amide bonds. The van der Waals surface area contributed by atoms with Crippen molar-refractivity contribution in [1.82, 2.24) is 9.78 Å². The van der Waals surface area contributed by atoms with Crippen molar-refractivity contribution in [3.05, 3.63) is 107 Å². The molecule has 0 aliphatic rings. The van der Waals surface area contributed by atoms with Crippen LogP contribution >= 0.6 is 0 Å². The Morgan fingerprint density at radius 1 is 1.11 bits per heavy atom. The van der Waals surface area contributed by atoms with Gasteiger partial charge in [0.05, 0.1) is 11.3 Å². The highest BCUT2D eigenvalue weighted by Crippen LogP contribution is 2.23. The van der Waals surface area contributed by atoms with Crippen molar-refractivity contribution in [3.8, 4) is 11.4 Å². The molecule has 0 atom stereocenters. The van der Waals surface area contributed by atoms with Crippen LogP contribution in [0.25, 0.3) is 17.1 Å². The second-order valence-electron chi connectivity index (χ2n) is 7.04. The molecule has 0 radical (unpaired) electrons. The molecule has 1 heterocycles. The van der Waals surface area contributed by atoms with Crippen molar-refractivity contribution in [1.29, 1.82) is 5.41 Å². The van der Waals surface area contributed by atoms with E-state index in [9.17, 15) is 22.4 Å². The largest absolute Gasteiger partial charge is 0.573 e. The second kappa shape index (κ2) is 10.6. The van der Waals surface area contributed by atoms with Gasteiger partial charge in [0.25, 0.3) is 0 Å². The van der Waals surface area contributed by atoms with Gasteiger partial charge in [-0.3, -0.25) is 10.1 Å². The molecule has 2 aromatic carbocycles. The van der Waals surface area contributed by atoms with Gasteiger partial charge in [-0.1, -0.05) is 12.7 Å². The predicted octanol–water partition coefficient (Wildman–Crippen LogP) is 3.63. The first kappa shape index (κ1) is 25.1. The minimum absolute atomic E-state index is 0.0587. The van der Waals surface area contributed by atoms with Crippen LogP contribution in [-0.4, -0.2) is 22.4 Å². The average Bonchev–Trinajstić information content (AvgIpc) is 2.80. The number of nitrogens with one attached hydrogen (secondary N) is 1. The first-order valence-electron chi connectivity index (χ1n) is 10.0. The molecule has 0 saturated carbocycles. The molecule has 5 N–H and O–H groups in total. The van der Waals surface area contributed by atoms with E-state index in [1.165, 1.54) is 64.7 Å². The summed E-state index contributed by atoms with van der Waals surface area (Å²) in [7, 11) is 0. The zero-order valence-electron chi connectivity index (χ0n) is 18.1. The van der Waals surface area contributed by atoms with Crippen molar-refractivity contribution < 1.29 is 27.6 Å². The molecule has 0 spiro atoms. The minimum Gasteiger partial charge on any atom is -0.406 e. The number of allylic oxidation sites excluding steroid dienone is 3. The highest BCUT2D eigenvalue weighted by Gasteiger charge is 2.31. The molecule has 0 fully saturated rings. The smallest absolute Gasteiger partial charge is 0.406 e. The lowest BCUT2D eigenvalue weighted by Gasteiger charge is -2.12. The Morgan fingerprint density at radius 2 is 1.83 bits per heavy atom. The molecule has 0 saturated heterocycles. The molecule has 3 aromatic rings. The summed E-state index contributed by atoms with van der Waals surface area (Å²) in [6.07, 6.45) is 1.81. The molecule has 0 unspecified atom stereocenters. The summed E-state index contributed by atoms with van der Waals surface area (Å²) in [6.45, 7) is 3.65. The first-order valence-corrected chi connectivity index (χ1v) is 10.0. The normalized spacial score (nSPS) is 12.3. The molecule has 180 valence electrons. The minimum atomic E-state index is -4.83. The summed E-state index contributed by atoms with van der Waals surface area (Å²) in [5, 5.41) is 13.3. The number of hydrogen-bond acceptors (Lipinski definition) is 5. The number of nitrogen functional groups attached to an aromatic ring is 1. The van der Waals surface area contributed by atoms with E-state index in [1.807, 2.05) is 0 Å². The lowest BCUT2D eigenvalue weighted by Crippen LogP contribution is -2.78. The van der Waals surface area contributed by atoms with Crippen LogP contribution in [0.2, 0.25) is 0 Å². The van der Waals surface area contributed by atoms with Gasteiger partial charge < -0.3 is 15.9 Å². The summed E-state index contributed by atoms with van der Waals surface area (Å²) >= 11 is 0. The van der Waals surface area contributed by atoms with Gasteiger partial charge in [0.15, 0.2) is 11.4 Å². The molecule has 0 aliphatic carbocycles. The lowest BCUT2D eigenvalue weighted by molar-refractivity contribution is -0.459. The van der Waals surface area contributed by atoms with Gasteiger partial charge in [-0.15, -0.1) is 13.2 Å². The van der Waals surface area contributed by atoms with E-state index in [1.54, 1.807) is 6.08 Å². The topological polar surface area (TPSA) is 111 Å². The molecule has 0 bridgehead atoms. The lowest BCUT2D eigenvalue weighted by atomic mass is 10.1. The van der Waals surface area contributed by atoms with Crippen molar-refractivity contribution >= 4 is 23.3 Å². The standard InChI is InChI=1S/C24H19F4N5O2/c1-2-3-20(18-14-15(25)4-9-19(18)30)31-21(10-12-29)23-22(34)11-13-33(32-23)16-5-7-17(8-6-16)35-24(26,27)28/h2-14,29,31H,1,30H2/p+1. The summed E-state index contributed by atoms with van der Waals surface area (Å²) in [6, 6.07) is 9.95. The van der Waals surface area contributed by atoms with Gasteiger partial charge in [-0.2, -0.15) is 5.10 Å². The molecular weight excluding hydrogens is 466 g/mol. The number of quaternary nitrogens is 1. The van der Waals surface area contributed by atoms with Crippen LogP contribution in [0.1, 0.15) is 11.3 Å². The molecule has 1 aromatic heterocycles. The molecule has 35 heavy (non-hydrogen) atoms. The van der Waals surface area contributed by atoms with Crippen LogP contribution in [0.5, 0.6) is 5.75 Å². The summed E-state index contributed by atoms with van der Waals surface area (Å²) in [5.74, 6) is -0.930. The Hall–Kier alpha value is -4.51. The maximum Gasteiger partial charge on any atom is 0.573 e. The second-order valence-corrected chi connectivity index (χ2v) is 7.04. The maximum absolute atomic E-state index is 13.9. The summed E-state index contributed by atoms with van der Waals surface area (Å²) in [5.41, 5.74) is 7.07. The van der Waals surface area contributed by atoms with E-state index in [2.05, 4.69) is 16.4 Å². The first-order chi connectivity index (χ1) is 16.6. The van der Waals surface area contributed by atoms with Crippen LogP contribution in [0.4, 0.5) is 23.2 Å². The zero-order valence-corrected chi connectivity index (χ0v) is 18.1. The fourth-order valence-corrected chi connectivity index (χ4v) is 3.13. The number of hydrogen-bond donors (Lipinski definition) is 3. The van der Waals surface area contributed by atoms with E-state index in [0.29, 0.717) is 16.9 Å². The Labute approximate surface area is 197 Å². The third-order valence-corrected chi connectivity index (χ3v) is 4.61. The average molecular weight is 486 g/mol. The number of nitrogens with zero attached hydrogens (tertiary/aromatic N) is 2. The number of ether oxygens (including phenoxy) is 1. The van der Waals surface area contributed by atoms with E-state index in [4.69, 9.17) is 11.1 Å². The van der Waals surface area contributed by atoms with Gasteiger partial charge in [-0.05, 0) is 48.5 Å². The van der Waals surface area contributed by atoms with Crippen molar-refractivity contribution in [3.63, 3.8) is 0 Å². The molecule has 11 heteroatoms. The Morgan fingerprint density at radius 3 is 2.46 bits per heavy atom. The van der Waals surface area contributed by atoms with Crippen molar-refractivity contribution in [2.45, 2.75) is 6.36 Å². The fraction of sp³-hybridized carbons (Fsp3) is 0.0417. The van der Waals surface area contributed by atoms with Gasteiger partial charge >= 0.3 is 6.36 Å². The molecule has 3 rings (SSSR count). The number of nitrogens with two attached hydrogens (primary N) is 2. The molecule has 0 aliphatic heterocycles. The van der Waals surface area contributed by atoms with Crippen LogP contribution in [0, 0.1) is 11.2 Å². The van der Waals surface area contributed by atoms with Gasteiger partial charge in [-0.25, -0.2) is 9.07 Å². The maximum atomic E-state index is 13.9. The van der Waals surface area contributed by atoms with Crippen molar-refractivity contribution in [2.75, 3.05) is 5.73 Å². The highest BCUT2D eigenvalue weighted by atomic mass is 19.4. The Kier molecular flexibility index (Phi) is 7.62. The third-order valence-electron chi connectivity index (χ3n) is 4.61. The number of anilines is 1. The van der Waals surface area contributed by atoms with Gasteiger partial charge in [0.1, 0.15) is 17.3 Å². The van der Waals surface area contributed by atoms with Gasteiger partial charge in [0.2, 0.25) is 5.43 Å². The van der Waals surface area contributed by atoms with Crippen LogP contribution < -0.4 is 21.2 Å². The van der Waals surface area contributed by atoms with Crippen LogP contribution in [0.15, 0.2) is 84.3 Å². The number of halogens is 4. The quantitative estimate of drug-likeness (QED) is 0.195. The van der Waals surface area contributed by atoms with Gasteiger partial charge in [0, 0.05) is 30.2 Å². The Bertz CT molecular complexity index is 1360. The van der Waals surface area contributed by atoms with Crippen LogP contribution in [0.3, 0.4) is 0 Å². The van der Waals surface area contributed by atoms with Crippen LogP contribution in [-0.2, 0) is 0 Å². The van der Waals surface area contributed by atoms with E-state index in [-0.39, 0.29) is 17.1 Å². The zero-order chi connectivity index (χ0) is 25.6. The summed E-state index contributed by atoms with van der Waals surface area (Å²) in [4.78, 5) is 12.6. The third kappa shape index (κ3) is 6.51. The number of alkyl halides is 3. The predicted molar refractivity (Wildman–Crippen MR) is 124 cm³/mol. The summed E-state index contributed by atoms with van der Waals surface area (Å²) < 4.78 is 56.2. The number of aromatic nitrogens is 2. The van der Waals surface area contributed by atoms with E-state index < -0.39 is 23.4 Å². The highest BCUT2D eigenvalue weighted by molar-refractivity contribution is 5.80. The monoisotopic (exact) mass is 486 g/mol. The van der Waals surface area contributed by atoms with E-state index in [0.717, 1.165) is 18.3 Å². The Balaban J connectivity index is 2.00. The molecule has 7 nitrogen and oxygen atoms in total. The van der Waals surface area contributed by atoms with E-state index >= 15 is 0 Å². The number of benzene rings is 2.